The number of hydrogen-bond acceptors (Lipinski definition) is 5. The summed E-state index contributed by atoms with van der Waals surface area (Å²) in [4.78, 5) is 35.8. The van der Waals surface area contributed by atoms with Gasteiger partial charge in [0.25, 0.3) is 5.91 Å². The molecule has 1 unspecified atom stereocenters. The molecule has 0 heterocycles. The minimum atomic E-state index is -1.36. The van der Waals surface area contributed by atoms with Gasteiger partial charge in [-0.25, -0.2) is 5.48 Å². The SMILES string of the molecule is CC(=O)Nc1cccc(C(C(=O)NO)C(=O)Nc2cccc(C#N)c2)c1. The number of nitriles is 1. The van der Waals surface area contributed by atoms with Crippen LogP contribution >= 0.6 is 0 Å². The molecule has 26 heavy (non-hydrogen) atoms. The molecule has 8 nitrogen and oxygen atoms in total. The molecule has 0 aliphatic heterocycles. The second-order valence-electron chi connectivity index (χ2n) is 5.40. The Labute approximate surface area is 149 Å². The highest BCUT2D eigenvalue weighted by Gasteiger charge is 2.29. The van der Waals surface area contributed by atoms with E-state index in [1.165, 1.54) is 30.6 Å². The summed E-state index contributed by atoms with van der Waals surface area (Å²) in [6, 6.07) is 14.3. The summed E-state index contributed by atoms with van der Waals surface area (Å²) in [6.07, 6.45) is 0. The highest BCUT2D eigenvalue weighted by Crippen LogP contribution is 2.22. The van der Waals surface area contributed by atoms with Crippen LogP contribution in [0.25, 0.3) is 0 Å². The molecule has 0 spiro atoms. The van der Waals surface area contributed by atoms with E-state index in [4.69, 9.17) is 10.5 Å². The van der Waals surface area contributed by atoms with Gasteiger partial charge in [0, 0.05) is 18.3 Å². The first-order valence-corrected chi connectivity index (χ1v) is 7.57. The number of hydroxylamine groups is 1. The minimum Gasteiger partial charge on any atom is -0.326 e. The molecule has 2 aromatic carbocycles. The van der Waals surface area contributed by atoms with Crippen molar-refractivity contribution in [1.29, 1.82) is 5.26 Å². The van der Waals surface area contributed by atoms with Gasteiger partial charge >= 0.3 is 0 Å². The predicted octanol–water partition coefficient (Wildman–Crippen LogP) is 1.74. The molecule has 2 aromatic rings. The van der Waals surface area contributed by atoms with E-state index in [-0.39, 0.29) is 11.5 Å². The van der Waals surface area contributed by atoms with Crippen LogP contribution in [-0.4, -0.2) is 22.9 Å². The van der Waals surface area contributed by atoms with Gasteiger partial charge in [-0.3, -0.25) is 19.6 Å². The van der Waals surface area contributed by atoms with Gasteiger partial charge < -0.3 is 10.6 Å². The highest BCUT2D eigenvalue weighted by atomic mass is 16.5. The van der Waals surface area contributed by atoms with Gasteiger partial charge in [-0.2, -0.15) is 5.26 Å². The average Bonchev–Trinajstić information content (AvgIpc) is 2.61. The summed E-state index contributed by atoms with van der Waals surface area (Å²) in [5, 5.41) is 23.0. The lowest BCUT2D eigenvalue weighted by Crippen LogP contribution is -2.35. The first-order valence-electron chi connectivity index (χ1n) is 7.57. The van der Waals surface area contributed by atoms with Gasteiger partial charge in [0.1, 0.15) is 5.92 Å². The third-order valence-electron chi connectivity index (χ3n) is 3.43. The summed E-state index contributed by atoms with van der Waals surface area (Å²) in [5.74, 6) is -3.30. The maximum atomic E-state index is 12.6. The van der Waals surface area contributed by atoms with E-state index < -0.39 is 17.7 Å². The van der Waals surface area contributed by atoms with Gasteiger partial charge in [0.15, 0.2) is 0 Å². The number of rotatable bonds is 5. The number of nitrogens with zero attached hydrogens (tertiary/aromatic N) is 1. The largest absolute Gasteiger partial charge is 0.326 e. The topological polar surface area (TPSA) is 131 Å². The number of carbonyl (C=O) groups is 3. The number of benzene rings is 2. The van der Waals surface area contributed by atoms with Gasteiger partial charge in [-0.1, -0.05) is 18.2 Å². The third-order valence-corrected chi connectivity index (χ3v) is 3.43. The number of amides is 3. The summed E-state index contributed by atoms with van der Waals surface area (Å²) < 4.78 is 0. The molecular formula is C18H16N4O4. The number of anilines is 2. The molecule has 0 fully saturated rings. The Hall–Kier alpha value is -3.70. The van der Waals surface area contributed by atoms with E-state index in [2.05, 4.69) is 10.6 Å². The number of hydrogen-bond donors (Lipinski definition) is 4. The van der Waals surface area contributed by atoms with E-state index in [9.17, 15) is 14.4 Å². The monoisotopic (exact) mass is 352 g/mol. The van der Waals surface area contributed by atoms with Gasteiger partial charge in [0.2, 0.25) is 11.8 Å². The summed E-state index contributed by atoms with van der Waals surface area (Å²) in [5.41, 5.74) is 2.84. The van der Waals surface area contributed by atoms with Gasteiger partial charge in [-0.15, -0.1) is 0 Å². The van der Waals surface area contributed by atoms with Gasteiger partial charge in [0.05, 0.1) is 11.6 Å². The maximum Gasteiger partial charge on any atom is 0.260 e. The third kappa shape index (κ3) is 4.66. The summed E-state index contributed by atoms with van der Waals surface area (Å²) in [7, 11) is 0. The lowest BCUT2D eigenvalue weighted by atomic mass is 9.96. The van der Waals surface area contributed by atoms with Crippen molar-refractivity contribution >= 4 is 29.1 Å². The van der Waals surface area contributed by atoms with Crippen LogP contribution in [-0.2, 0) is 14.4 Å². The van der Waals surface area contributed by atoms with Crippen LogP contribution in [0.1, 0.15) is 24.0 Å². The highest BCUT2D eigenvalue weighted by molar-refractivity contribution is 6.11. The Bertz CT molecular complexity index is 889. The smallest absolute Gasteiger partial charge is 0.260 e. The average molecular weight is 352 g/mol. The normalized spacial score (nSPS) is 11.0. The van der Waals surface area contributed by atoms with Crippen LogP contribution in [0.5, 0.6) is 0 Å². The molecule has 3 amide bonds. The van der Waals surface area contributed by atoms with Crippen LogP contribution in [0.15, 0.2) is 48.5 Å². The lowest BCUT2D eigenvalue weighted by Gasteiger charge is -2.16. The van der Waals surface area contributed by atoms with E-state index in [0.717, 1.165) is 0 Å². The van der Waals surface area contributed by atoms with Crippen molar-refractivity contribution in [2.75, 3.05) is 10.6 Å². The molecule has 1 atom stereocenters. The molecule has 4 N–H and O–H groups in total. The van der Waals surface area contributed by atoms with E-state index in [1.54, 1.807) is 30.3 Å². The Balaban J connectivity index is 2.32. The predicted molar refractivity (Wildman–Crippen MR) is 93.2 cm³/mol. The molecule has 132 valence electrons. The Kier molecular flexibility index (Phi) is 6.03. The quantitative estimate of drug-likeness (QED) is 0.370. The molecule has 0 bridgehead atoms. The summed E-state index contributed by atoms with van der Waals surface area (Å²) in [6.45, 7) is 1.33. The Morgan fingerprint density at radius 2 is 1.65 bits per heavy atom. The van der Waals surface area contributed by atoms with Crippen molar-refractivity contribution in [2.45, 2.75) is 12.8 Å². The van der Waals surface area contributed by atoms with Crippen molar-refractivity contribution in [1.82, 2.24) is 5.48 Å². The summed E-state index contributed by atoms with van der Waals surface area (Å²) >= 11 is 0. The van der Waals surface area contributed by atoms with E-state index in [1.807, 2.05) is 6.07 Å². The fourth-order valence-corrected chi connectivity index (χ4v) is 2.37. The molecule has 0 saturated carbocycles. The molecule has 0 radical (unpaired) electrons. The second kappa shape index (κ2) is 8.41. The lowest BCUT2D eigenvalue weighted by molar-refractivity contribution is -0.135. The van der Waals surface area contributed by atoms with Crippen LogP contribution in [0.2, 0.25) is 0 Å². The van der Waals surface area contributed by atoms with E-state index >= 15 is 0 Å². The number of carbonyl (C=O) groups excluding carboxylic acids is 3. The van der Waals surface area contributed by atoms with Crippen LogP contribution in [0.3, 0.4) is 0 Å². The first-order chi connectivity index (χ1) is 12.4. The van der Waals surface area contributed by atoms with Crippen LogP contribution < -0.4 is 16.1 Å². The fraction of sp³-hybridized carbons (Fsp3) is 0.111. The zero-order valence-corrected chi connectivity index (χ0v) is 13.8. The molecule has 8 heteroatoms. The van der Waals surface area contributed by atoms with Crippen molar-refractivity contribution < 1.29 is 19.6 Å². The molecule has 0 saturated heterocycles. The zero-order chi connectivity index (χ0) is 19.1. The van der Waals surface area contributed by atoms with Crippen LogP contribution in [0, 0.1) is 11.3 Å². The van der Waals surface area contributed by atoms with Gasteiger partial charge in [-0.05, 0) is 35.9 Å². The molecule has 0 aromatic heterocycles. The molecular weight excluding hydrogens is 336 g/mol. The van der Waals surface area contributed by atoms with Crippen LogP contribution in [0.4, 0.5) is 11.4 Å². The second-order valence-corrected chi connectivity index (χ2v) is 5.40. The minimum absolute atomic E-state index is 0.275. The van der Waals surface area contributed by atoms with E-state index in [0.29, 0.717) is 16.9 Å². The Morgan fingerprint density at radius 3 is 2.27 bits per heavy atom. The molecule has 2 rings (SSSR count). The van der Waals surface area contributed by atoms with Crippen molar-refractivity contribution in [3.05, 3.63) is 59.7 Å². The maximum absolute atomic E-state index is 12.6. The first kappa shape index (κ1) is 18.6. The van der Waals surface area contributed by atoms with Crippen molar-refractivity contribution in [3.63, 3.8) is 0 Å². The fourth-order valence-electron chi connectivity index (χ4n) is 2.37. The zero-order valence-electron chi connectivity index (χ0n) is 13.8. The van der Waals surface area contributed by atoms with Crippen molar-refractivity contribution in [3.8, 4) is 6.07 Å². The van der Waals surface area contributed by atoms with Crippen molar-refractivity contribution in [2.24, 2.45) is 0 Å². The number of nitrogens with one attached hydrogen (secondary N) is 3. The Morgan fingerprint density at radius 1 is 1.00 bits per heavy atom. The molecule has 0 aliphatic rings. The standard InChI is InChI=1S/C18H16N4O4/c1-11(23)20-15-7-3-5-13(9-15)16(18(25)22-26)17(24)21-14-6-2-4-12(8-14)10-19/h2-9,16,26H,1H3,(H,20,23)(H,21,24)(H,22,25). The molecule has 0 aliphatic carbocycles.